The number of carbonyl (C=O) groups is 2. The Morgan fingerprint density at radius 1 is 1.07 bits per heavy atom. The average Bonchev–Trinajstić information content (AvgIpc) is 3.78. The van der Waals surface area contributed by atoms with E-state index in [0.717, 1.165) is 44.3 Å². The SMILES string of the molecule is COc1ccc2[nH]c3c(c2c1)C[C@@H](CO)N[C@]31CS[C@@H]2c3c(OC(C)=O)c(C)c4c(c3[C@H](COC1=O)N1[C@@H]2C2c3c(cc(C)c(OC)c3O)CC1(C)CN2C)OCO4. The van der Waals surface area contributed by atoms with Gasteiger partial charge in [0, 0.05) is 70.0 Å². The zero-order valence-corrected chi connectivity index (χ0v) is 34.4. The Kier molecular flexibility index (Phi) is 8.53. The van der Waals surface area contributed by atoms with E-state index in [4.69, 9.17) is 28.4 Å². The summed E-state index contributed by atoms with van der Waals surface area (Å²) in [5.74, 6) is 1.92. The standard InChI is InChI=1S/C43H48N4O10S/c1-19-10-22-13-42(4)16-46(5)32(29(22)34(50)35(19)53-7)33-39-31-30(38-37(55-18-56-38)20(2)36(31)57-21(3)49)28(47(33)42)15-54-41(51)43(17-58-39)40-26(11-23(14-48)45-43)25-12-24(52-6)8-9-27(25)44-40/h8-10,12,23,28,32-33,39,44-45,48,50H,11,13-18H2,1-7H3/t23-,28-,32?,33+,39+,42?,43+/m0/s1. The molecule has 4 bridgehead atoms. The Morgan fingerprint density at radius 2 is 1.86 bits per heavy atom. The number of nitrogens with one attached hydrogen (secondary N) is 2. The van der Waals surface area contributed by atoms with Crippen LogP contribution in [-0.4, -0.2) is 108 Å². The molecule has 12 rings (SSSR count). The Labute approximate surface area is 340 Å². The van der Waals surface area contributed by atoms with Crippen molar-refractivity contribution in [3.63, 3.8) is 0 Å². The van der Waals surface area contributed by atoms with Crippen molar-refractivity contribution in [3.05, 3.63) is 68.9 Å². The number of hydrogen-bond acceptors (Lipinski definition) is 14. The quantitative estimate of drug-likeness (QED) is 0.167. The molecule has 9 heterocycles. The summed E-state index contributed by atoms with van der Waals surface area (Å²) in [7, 11) is 5.29. The third-order valence-electron chi connectivity index (χ3n) is 13.4. The number of ether oxygens (including phenoxy) is 6. The van der Waals surface area contributed by atoms with E-state index in [9.17, 15) is 15.0 Å². The van der Waals surface area contributed by atoms with Crippen LogP contribution in [-0.2, 0) is 32.7 Å². The smallest absolute Gasteiger partial charge is 0.333 e. The molecule has 3 aromatic carbocycles. The molecule has 2 fully saturated rings. The predicted molar refractivity (Wildman–Crippen MR) is 214 cm³/mol. The number of esters is 2. The van der Waals surface area contributed by atoms with Gasteiger partial charge in [-0.3, -0.25) is 19.9 Å². The molecule has 8 atom stereocenters. The van der Waals surface area contributed by atoms with Crippen LogP contribution in [0.25, 0.3) is 10.9 Å². The van der Waals surface area contributed by atoms with E-state index in [2.05, 4.69) is 40.1 Å². The van der Waals surface area contributed by atoms with Gasteiger partial charge in [0.15, 0.2) is 28.5 Å². The summed E-state index contributed by atoms with van der Waals surface area (Å²) in [6.07, 6.45) is 1.08. The van der Waals surface area contributed by atoms with Crippen LogP contribution < -0.4 is 29.0 Å². The molecule has 0 saturated carbocycles. The van der Waals surface area contributed by atoms with E-state index < -0.39 is 40.4 Å². The number of rotatable bonds is 4. The van der Waals surface area contributed by atoms with Gasteiger partial charge in [0.25, 0.3) is 0 Å². The lowest BCUT2D eigenvalue weighted by Gasteiger charge is -2.61. The van der Waals surface area contributed by atoms with E-state index in [1.54, 1.807) is 26.0 Å². The first-order chi connectivity index (χ1) is 27.8. The lowest BCUT2D eigenvalue weighted by Crippen LogP contribution is -2.69. The summed E-state index contributed by atoms with van der Waals surface area (Å²) in [6, 6.07) is 6.16. The van der Waals surface area contributed by atoms with Gasteiger partial charge < -0.3 is 43.6 Å². The van der Waals surface area contributed by atoms with Gasteiger partial charge >= 0.3 is 11.9 Å². The zero-order valence-electron chi connectivity index (χ0n) is 33.6. The first-order valence-corrected chi connectivity index (χ1v) is 20.8. The minimum atomic E-state index is -1.41. The highest BCUT2D eigenvalue weighted by atomic mass is 32.2. The first-order valence-electron chi connectivity index (χ1n) is 19.7. The van der Waals surface area contributed by atoms with Crippen LogP contribution >= 0.6 is 11.8 Å². The van der Waals surface area contributed by atoms with Crippen molar-refractivity contribution >= 4 is 34.6 Å². The second-order valence-electron chi connectivity index (χ2n) is 16.9. The van der Waals surface area contributed by atoms with E-state index in [0.29, 0.717) is 59.4 Å². The van der Waals surface area contributed by atoms with Crippen LogP contribution in [0.2, 0.25) is 0 Å². The van der Waals surface area contributed by atoms with Crippen molar-refractivity contribution in [1.82, 2.24) is 20.1 Å². The number of benzene rings is 3. The maximum absolute atomic E-state index is 15.1. The van der Waals surface area contributed by atoms with Gasteiger partial charge in [-0.25, -0.2) is 4.79 Å². The lowest BCUT2D eigenvalue weighted by molar-refractivity contribution is -0.160. The van der Waals surface area contributed by atoms with E-state index in [1.807, 2.05) is 32.0 Å². The molecule has 2 saturated heterocycles. The van der Waals surface area contributed by atoms with E-state index in [-0.39, 0.29) is 43.6 Å². The molecule has 58 heavy (non-hydrogen) atoms. The molecule has 8 aliphatic rings. The van der Waals surface area contributed by atoms with Crippen LogP contribution in [0.4, 0.5) is 0 Å². The van der Waals surface area contributed by atoms with E-state index in [1.165, 1.54) is 6.92 Å². The molecule has 0 amide bonds. The molecular weight excluding hydrogens is 765 g/mol. The number of aliphatic hydroxyl groups excluding tert-OH is 1. The normalized spacial score (nSPS) is 30.6. The molecular formula is C43H48N4O10S. The molecule has 306 valence electrons. The topological polar surface area (TPSA) is 164 Å². The number of H-pyrrole nitrogens is 1. The molecule has 4 N–H and O–H groups in total. The fourth-order valence-corrected chi connectivity index (χ4v) is 13.0. The molecule has 15 heteroatoms. The van der Waals surface area contributed by atoms with Crippen molar-refractivity contribution in [2.75, 3.05) is 53.6 Å². The molecule has 14 nitrogen and oxygen atoms in total. The summed E-state index contributed by atoms with van der Waals surface area (Å²) in [4.78, 5) is 36.6. The monoisotopic (exact) mass is 812 g/mol. The second kappa shape index (κ2) is 13.2. The number of aromatic nitrogens is 1. The first kappa shape index (κ1) is 37.6. The van der Waals surface area contributed by atoms with Crippen molar-refractivity contribution in [2.24, 2.45) is 0 Å². The van der Waals surface area contributed by atoms with Gasteiger partial charge in [-0.2, -0.15) is 0 Å². The Hall–Kier alpha value is -4.67. The summed E-state index contributed by atoms with van der Waals surface area (Å²) < 4.78 is 36.7. The summed E-state index contributed by atoms with van der Waals surface area (Å²) in [6.45, 7) is 7.83. The summed E-state index contributed by atoms with van der Waals surface area (Å²) in [5.41, 5.74) is 5.35. The number of aliphatic hydroxyl groups is 1. The minimum Gasteiger partial charge on any atom is -0.504 e. The number of phenolic OH excluding ortho intramolecular Hbond substituents is 1. The van der Waals surface area contributed by atoms with Gasteiger partial charge in [-0.05, 0) is 75.5 Å². The molecule has 4 aromatic rings. The minimum absolute atomic E-state index is 0.00950. The Balaban J connectivity index is 1.25. The highest BCUT2D eigenvalue weighted by molar-refractivity contribution is 7.99. The molecule has 1 aromatic heterocycles. The van der Waals surface area contributed by atoms with E-state index >= 15 is 4.79 Å². The number of phenols is 1. The molecule has 8 aliphatic heterocycles. The number of fused-ring (bicyclic) bond motifs is 8. The third kappa shape index (κ3) is 5.06. The number of aromatic hydroxyl groups is 1. The second-order valence-corrected chi connectivity index (χ2v) is 18.0. The van der Waals surface area contributed by atoms with Crippen LogP contribution in [0.3, 0.4) is 0 Å². The fraction of sp³-hybridized carbons (Fsp3) is 0.488. The van der Waals surface area contributed by atoms with Crippen molar-refractivity contribution in [1.29, 1.82) is 0 Å². The van der Waals surface area contributed by atoms with Gasteiger partial charge in [-0.1, -0.05) is 6.07 Å². The Bertz CT molecular complexity index is 2440. The van der Waals surface area contributed by atoms with Gasteiger partial charge in [0.1, 0.15) is 18.1 Å². The molecule has 0 radical (unpaired) electrons. The van der Waals surface area contributed by atoms with Gasteiger partial charge in [0.2, 0.25) is 6.79 Å². The fourth-order valence-electron chi connectivity index (χ4n) is 11.4. The third-order valence-corrected chi connectivity index (χ3v) is 14.9. The number of nitrogens with zero attached hydrogens (tertiary/aromatic N) is 2. The van der Waals surface area contributed by atoms with Crippen molar-refractivity contribution < 1.29 is 48.2 Å². The van der Waals surface area contributed by atoms with Crippen molar-refractivity contribution in [2.45, 2.75) is 81.0 Å². The molecule has 1 spiro atoms. The number of likely N-dealkylation sites (N-methyl/N-ethyl adjacent to an activating group) is 1. The highest BCUT2D eigenvalue weighted by Crippen LogP contribution is 2.65. The molecule has 3 unspecified atom stereocenters. The number of thioether (sulfide) groups is 1. The maximum Gasteiger partial charge on any atom is 0.333 e. The number of methoxy groups -OCH3 is 2. The van der Waals surface area contributed by atoms with Crippen LogP contribution in [0.1, 0.15) is 75.8 Å². The number of piperazine rings is 1. The Morgan fingerprint density at radius 3 is 2.60 bits per heavy atom. The van der Waals surface area contributed by atoms with Crippen LogP contribution in [0, 0.1) is 13.8 Å². The number of hydrogen-bond donors (Lipinski definition) is 4. The largest absolute Gasteiger partial charge is 0.504 e. The number of aryl methyl sites for hydroxylation is 1. The van der Waals surface area contributed by atoms with Gasteiger partial charge in [-0.15, -0.1) is 11.8 Å². The average molecular weight is 813 g/mol. The van der Waals surface area contributed by atoms with Crippen LogP contribution in [0.5, 0.6) is 34.5 Å². The van der Waals surface area contributed by atoms with Gasteiger partial charge in [0.05, 0.1) is 43.9 Å². The highest BCUT2D eigenvalue weighted by Gasteiger charge is 2.63. The van der Waals surface area contributed by atoms with Crippen molar-refractivity contribution in [3.8, 4) is 34.5 Å². The zero-order chi connectivity index (χ0) is 40.6. The maximum atomic E-state index is 15.1. The number of carbonyl (C=O) groups excluding carboxylic acids is 2. The number of aromatic amines is 1. The summed E-state index contributed by atoms with van der Waals surface area (Å²) in [5, 5.41) is 27.0. The predicted octanol–water partition coefficient (Wildman–Crippen LogP) is 4.62. The molecule has 0 aliphatic carbocycles. The lowest BCUT2D eigenvalue weighted by atomic mass is 9.76. The van der Waals surface area contributed by atoms with Crippen LogP contribution in [0.15, 0.2) is 24.3 Å². The summed E-state index contributed by atoms with van der Waals surface area (Å²) >= 11 is 1.57.